The third kappa shape index (κ3) is 6.54. The maximum absolute atomic E-state index is 12.7. The van der Waals surface area contributed by atoms with Crippen molar-refractivity contribution in [1.82, 2.24) is 15.1 Å². The van der Waals surface area contributed by atoms with Crippen LogP contribution in [0.5, 0.6) is 0 Å². The molecular weight excluding hydrogens is 370 g/mol. The molecule has 3 rings (SSSR count). The molecule has 160 valence electrons. The van der Waals surface area contributed by atoms with Crippen LogP contribution in [0.3, 0.4) is 0 Å². The summed E-state index contributed by atoms with van der Waals surface area (Å²) in [6.45, 7) is 9.74. The number of amides is 1. The molecule has 1 saturated heterocycles. The fraction of sp³-hybridized carbons (Fsp3) is 0.423. The fourth-order valence-corrected chi connectivity index (χ4v) is 4.00. The van der Waals surface area contributed by atoms with E-state index < -0.39 is 0 Å². The summed E-state index contributed by atoms with van der Waals surface area (Å²) in [5, 5.41) is 3.19. The molecule has 2 atom stereocenters. The zero-order valence-corrected chi connectivity index (χ0v) is 18.3. The summed E-state index contributed by atoms with van der Waals surface area (Å²) in [5.41, 5.74) is 2.53. The molecule has 1 aliphatic rings. The van der Waals surface area contributed by atoms with Gasteiger partial charge in [0.15, 0.2) is 0 Å². The van der Waals surface area contributed by atoms with Crippen LogP contribution in [-0.4, -0.2) is 61.0 Å². The quantitative estimate of drug-likeness (QED) is 0.685. The van der Waals surface area contributed by atoms with Crippen LogP contribution in [0.4, 0.5) is 0 Å². The molecule has 0 spiro atoms. The van der Waals surface area contributed by atoms with Crippen molar-refractivity contribution < 1.29 is 4.79 Å². The minimum atomic E-state index is -0.0831. The van der Waals surface area contributed by atoms with E-state index in [2.05, 4.69) is 82.7 Å². The summed E-state index contributed by atoms with van der Waals surface area (Å²) in [5.74, 6) is 0.511. The molecule has 4 nitrogen and oxygen atoms in total. The minimum absolute atomic E-state index is 0.0831. The van der Waals surface area contributed by atoms with Gasteiger partial charge in [0, 0.05) is 45.2 Å². The zero-order chi connectivity index (χ0) is 21.2. The lowest BCUT2D eigenvalue weighted by molar-refractivity contribution is -0.126. The Labute approximate surface area is 181 Å². The molecule has 0 radical (unpaired) electrons. The molecule has 4 heteroatoms. The van der Waals surface area contributed by atoms with Gasteiger partial charge in [-0.3, -0.25) is 14.6 Å². The Morgan fingerprint density at radius 3 is 2.27 bits per heavy atom. The summed E-state index contributed by atoms with van der Waals surface area (Å²) in [7, 11) is 0. The zero-order valence-electron chi connectivity index (χ0n) is 18.3. The molecule has 0 aromatic heterocycles. The van der Waals surface area contributed by atoms with E-state index in [4.69, 9.17) is 0 Å². The van der Waals surface area contributed by atoms with Crippen LogP contribution in [0, 0.1) is 0 Å². The monoisotopic (exact) mass is 405 g/mol. The first-order valence-electron chi connectivity index (χ1n) is 11.2. The van der Waals surface area contributed by atoms with E-state index in [0.29, 0.717) is 12.5 Å². The molecule has 1 heterocycles. The molecule has 1 aliphatic heterocycles. The van der Waals surface area contributed by atoms with Crippen molar-refractivity contribution in [2.24, 2.45) is 0 Å². The van der Waals surface area contributed by atoms with Crippen LogP contribution in [-0.2, 0) is 4.79 Å². The second-order valence-electron chi connectivity index (χ2n) is 8.09. The largest absolute Gasteiger partial charge is 0.354 e. The van der Waals surface area contributed by atoms with Gasteiger partial charge < -0.3 is 5.32 Å². The summed E-state index contributed by atoms with van der Waals surface area (Å²) in [6.07, 6.45) is 5.43. The van der Waals surface area contributed by atoms with Gasteiger partial charge in [-0.25, -0.2) is 0 Å². The normalized spacial score (nSPS) is 17.7. The number of hydrogen-bond acceptors (Lipinski definition) is 3. The maximum atomic E-state index is 12.7. The van der Waals surface area contributed by atoms with Gasteiger partial charge in [-0.15, -0.1) is 0 Å². The standard InChI is InChI=1S/C26H35N3O/c1-3-24(25-14-8-5-9-15-25)21-27-26(30)22(2)29-19-17-28(18-20-29)16-10-13-23-11-6-4-7-12-23/h4-15,22,24H,3,16-21H2,1-2H3,(H,27,30). The van der Waals surface area contributed by atoms with Gasteiger partial charge >= 0.3 is 0 Å². The van der Waals surface area contributed by atoms with Crippen molar-refractivity contribution in [1.29, 1.82) is 0 Å². The molecule has 30 heavy (non-hydrogen) atoms. The van der Waals surface area contributed by atoms with E-state index in [0.717, 1.165) is 39.1 Å². The number of nitrogens with zero attached hydrogens (tertiary/aromatic N) is 2. The Morgan fingerprint density at radius 1 is 1.00 bits per heavy atom. The Kier molecular flexibility index (Phi) is 8.66. The van der Waals surface area contributed by atoms with Crippen molar-refractivity contribution in [2.75, 3.05) is 39.3 Å². The Hall–Kier alpha value is -2.43. The highest BCUT2D eigenvalue weighted by atomic mass is 16.2. The van der Waals surface area contributed by atoms with E-state index in [-0.39, 0.29) is 11.9 Å². The first-order valence-corrected chi connectivity index (χ1v) is 11.2. The minimum Gasteiger partial charge on any atom is -0.354 e. The van der Waals surface area contributed by atoms with Crippen molar-refractivity contribution in [3.63, 3.8) is 0 Å². The Balaban J connectivity index is 1.40. The van der Waals surface area contributed by atoms with Gasteiger partial charge in [0.25, 0.3) is 0 Å². The highest BCUT2D eigenvalue weighted by Crippen LogP contribution is 2.18. The van der Waals surface area contributed by atoms with E-state index in [9.17, 15) is 4.79 Å². The number of hydrogen-bond donors (Lipinski definition) is 1. The summed E-state index contributed by atoms with van der Waals surface area (Å²) >= 11 is 0. The second-order valence-corrected chi connectivity index (χ2v) is 8.09. The van der Waals surface area contributed by atoms with E-state index in [1.54, 1.807) is 0 Å². The van der Waals surface area contributed by atoms with Gasteiger partial charge in [0.2, 0.25) is 5.91 Å². The van der Waals surface area contributed by atoms with Crippen molar-refractivity contribution >= 4 is 12.0 Å². The summed E-state index contributed by atoms with van der Waals surface area (Å²) in [6, 6.07) is 20.8. The number of piperazine rings is 1. The number of carbonyl (C=O) groups is 1. The molecule has 2 aromatic rings. The number of nitrogens with one attached hydrogen (secondary N) is 1. The maximum Gasteiger partial charge on any atom is 0.237 e. The van der Waals surface area contributed by atoms with Crippen LogP contribution in [0.1, 0.15) is 37.3 Å². The van der Waals surface area contributed by atoms with E-state index in [1.807, 2.05) is 19.1 Å². The van der Waals surface area contributed by atoms with Crippen LogP contribution in [0.25, 0.3) is 6.08 Å². The lowest BCUT2D eigenvalue weighted by Crippen LogP contribution is -2.54. The van der Waals surface area contributed by atoms with Crippen molar-refractivity contribution in [2.45, 2.75) is 32.2 Å². The van der Waals surface area contributed by atoms with Gasteiger partial charge in [-0.2, -0.15) is 0 Å². The number of rotatable bonds is 9. The summed E-state index contributed by atoms with van der Waals surface area (Å²) < 4.78 is 0. The topological polar surface area (TPSA) is 35.6 Å². The molecule has 1 N–H and O–H groups in total. The first-order chi connectivity index (χ1) is 14.7. The molecule has 2 aromatic carbocycles. The molecule has 1 fully saturated rings. The highest BCUT2D eigenvalue weighted by molar-refractivity contribution is 5.81. The number of benzene rings is 2. The van der Waals surface area contributed by atoms with Crippen LogP contribution in [0.2, 0.25) is 0 Å². The molecule has 1 amide bonds. The van der Waals surface area contributed by atoms with E-state index >= 15 is 0 Å². The molecule has 0 bridgehead atoms. The van der Waals surface area contributed by atoms with Gasteiger partial charge in [0.05, 0.1) is 6.04 Å². The molecule has 2 unspecified atom stereocenters. The fourth-order valence-electron chi connectivity index (χ4n) is 4.00. The third-order valence-corrected chi connectivity index (χ3v) is 6.09. The SMILES string of the molecule is CCC(CNC(=O)C(C)N1CCN(CC=Cc2ccccc2)CC1)c1ccccc1. The molecule has 0 aliphatic carbocycles. The highest BCUT2D eigenvalue weighted by Gasteiger charge is 2.25. The predicted molar refractivity (Wildman–Crippen MR) is 125 cm³/mol. The Bertz CT molecular complexity index is 782. The Morgan fingerprint density at radius 2 is 1.63 bits per heavy atom. The summed E-state index contributed by atoms with van der Waals surface area (Å²) in [4.78, 5) is 17.5. The van der Waals surface area contributed by atoms with Crippen molar-refractivity contribution in [3.05, 3.63) is 77.9 Å². The predicted octanol–water partition coefficient (Wildman–Crippen LogP) is 4.02. The molecular formula is C26H35N3O. The second kappa shape index (κ2) is 11.7. The third-order valence-electron chi connectivity index (χ3n) is 6.09. The average molecular weight is 406 g/mol. The first kappa shape index (κ1) is 22.3. The molecule has 0 saturated carbocycles. The van der Waals surface area contributed by atoms with Crippen LogP contribution in [0.15, 0.2) is 66.7 Å². The van der Waals surface area contributed by atoms with Gasteiger partial charge in [0.1, 0.15) is 0 Å². The lowest BCUT2D eigenvalue weighted by Gasteiger charge is -2.37. The lowest BCUT2D eigenvalue weighted by atomic mass is 9.96. The van der Waals surface area contributed by atoms with Crippen LogP contribution < -0.4 is 5.32 Å². The number of carbonyl (C=O) groups excluding carboxylic acids is 1. The van der Waals surface area contributed by atoms with Gasteiger partial charge in [-0.05, 0) is 24.5 Å². The van der Waals surface area contributed by atoms with Crippen LogP contribution >= 0.6 is 0 Å². The smallest absolute Gasteiger partial charge is 0.237 e. The van der Waals surface area contributed by atoms with E-state index in [1.165, 1.54) is 11.1 Å². The van der Waals surface area contributed by atoms with Gasteiger partial charge in [-0.1, -0.05) is 79.7 Å². The van der Waals surface area contributed by atoms with Crippen molar-refractivity contribution in [3.8, 4) is 0 Å². The average Bonchev–Trinajstić information content (AvgIpc) is 2.81.